The largest absolute Gasteiger partial charge is 0.493 e. The molecule has 0 radical (unpaired) electrons. The standard InChI is InChI=1S/C24H29FN8O/c1-15(2)21-22(17-10-20(34-3)24-28-14-29-33(24)13-17)30-31-23(21)19-12-26-18(11-27-19)16-4-7-32(8-5-16)9-6-25/h10-16H,4-9H2,1-3H3,(H,30,31). The summed E-state index contributed by atoms with van der Waals surface area (Å²) >= 11 is 0. The Hall–Kier alpha value is -3.40. The molecule has 34 heavy (non-hydrogen) atoms. The first kappa shape index (κ1) is 22.4. The molecule has 0 aromatic carbocycles. The zero-order valence-electron chi connectivity index (χ0n) is 19.7. The lowest BCUT2D eigenvalue weighted by Gasteiger charge is -2.30. The van der Waals surface area contributed by atoms with Crippen molar-refractivity contribution in [3.05, 3.63) is 42.2 Å². The molecule has 1 aliphatic rings. The molecule has 1 aliphatic heterocycles. The van der Waals surface area contributed by atoms with E-state index in [1.807, 2.05) is 24.7 Å². The van der Waals surface area contributed by atoms with E-state index in [0.29, 0.717) is 23.9 Å². The van der Waals surface area contributed by atoms with E-state index < -0.39 is 0 Å². The molecule has 0 saturated carbocycles. The number of piperidine rings is 1. The molecule has 1 N–H and O–H groups in total. The first-order valence-electron chi connectivity index (χ1n) is 11.7. The van der Waals surface area contributed by atoms with Gasteiger partial charge in [-0.1, -0.05) is 13.8 Å². The van der Waals surface area contributed by atoms with Crippen molar-refractivity contribution < 1.29 is 9.13 Å². The third-order valence-electron chi connectivity index (χ3n) is 6.55. The molecule has 4 aromatic rings. The molecule has 9 nitrogen and oxygen atoms in total. The molecule has 0 bridgehead atoms. The molecule has 5 rings (SSSR count). The minimum absolute atomic E-state index is 0.197. The Labute approximate surface area is 197 Å². The summed E-state index contributed by atoms with van der Waals surface area (Å²) in [5.41, 5.74) is 6.04. The summed E-state index contributed by atoms with van der Waals surface area (Å²) in [6.45, 7) is 6.31. The number of halogens is 1. The van der Waals surface area contributed by atoms with Gasteiger partial charge in [0.05, 0.1) is 30.4 Å². The SMILES string of the molecule is COc1cc(-c2n[nH]c(-c3cnc(C4CCN(CCF)CC4)cn3)c2C(C)C)cn2ncnc12. The average molecular weight is 465 g/mol. The maximum absolute atomic E-state index is 12.6. The Bertz CT molecular complexity index is 1260. The zero-order chi connectivity index (χ0) is 23.7. The maximum atomic E-state index is 12.6. The van der Waals surface area contributed by atoms with E-state index >= 15 is 0 Å². The number of likely N-dealkylation sites (tertiary alicyclic amines) is 1. The van der Waals surface area contributed by atoms with Crippen LogP contribution in [-0.2, 0) is 0 Å². The van der Waals surface area contributed by atoms with Gasteiger partial charge in [-0.05, 0) is 37.9 Å². The number of H-pyrrole nitrogens is 1. The van der Waals surface area contributed by atoms with Gasteiger partial charge in [0.15, 0.2) is 11.4 Å². The highest BCUT2D eigenvalue weighted by Crippen LogP contribution is 2.36. The van der Waals surface area contributed by atoms with E-state index in [0.717, 1.165) is 59.8 Å². The van der Waals surface area contributed by atoms with Gasteiger partial charge in [-0.3, -0.25) is 15.1 Å². The van der Waals surface area contributed by atoms with Crippen LogP contribution >= 0.6 is 0 Å². The summed E-state index contributed by atoms with van der Waals surface area (Å²) in [6, 6.07) is 1.93. The number of fused-ring (bicyclic) bond motifs is 1. The van der Waals surface area contributed by atoms with Gasteiger partial charge in [0.1, 0.15) is 18.7 Å². The zero-order valence-corrected chi connectivity index (χ0v) is 19.7. The smallest absolute Gasteiger partial charge is 0.197 e. The molecular formula is C24H29FN8O. The van der Waals surface area contributed by atoms with E-state index in [1.165, 1.54) is 6.33 Å². The number of nitrogens with one attached hydrogen (secondary N) is 1. The number of aromatic nitrogens is 7. The van der Waals surface area contributed by atoms with E-state index in [9.17, 15) is 4.39 Å². The molecule has 0 spiro atoms. The second-order valence-electron chi connectivity index (χ2n) is 8.97. The molecule has 178 valence electrons. The van der Waals surface area contributed by atoms with Crippen molar-refractivity contribution in [3.63, 3.8) is 0 Å². The number of pyridine rings is 1. The fraction of sp³-hybridized carbons (Fsp3) is 0.458. The summed E-state index contributed by atoms with van der Waals surface area (Å²) in [4.78, 5) is 15.9. The minimum atomic E-state index is -0.289. The van der Waals surface area contributed by atoms with Gasteiger partial charge >= 0.3 is 0 Å². The molecule has 4 aromatic heterocycles. The van der Waals surface area contributed by atoms with Gasteiger partial charge in [0.2, 0.25) is 0 Å². The van der Waals surface area contributed by atoms with Gasteiger partial charge in [-0.15, -0.1) is 0 Å². The van der Waals surface area contributed by atoms with E-state index in [4.69, 9.17) is 14.7 Å². The monoisotopic (exact) mass is 464 g/mol. The predicted octanol–water partition coefficient (Wildman–Crippen LogP) is 3.86. The van der Waals surface area contributed by atoms with Crippen LogP contribution in [0.3, 0.4) is 0 Å². The number of alkyl halides is 1. The second kappa shape index (κ2) is 9.46. The Morgan fingerprint density at radius 3 is 2.68 bits per heavy atom. The lowest BCUT2D eigenvalue weighted by atomic mass is 9.93. The van der Waals surface area contributed by atoms with Crippen LogP contribution in [0.2, 0.25) is 0 Å². The fourth-order valence-electron chi connectivity index (χ4n) is 4.75. The number of methoxy groups -OCH3 is 1. The van der Waals surface area contributed by atoms with Crippen molar-refractivity contribution in [1.82, 2.24) is 39.7 Å². The Morgan fingerprint density at radius 2 is 2.00 bits per heavy atom. The van der Waals surface area contributed by atoms with Crippen molar-refractivity contribution in [2.24, 2.45) is 0 Å². The fourth-order valence-corrected chi connectivity index (χ4v) is 4.75. The number of ether oxygens (including phenoxy) is 1. The van der Waals surface area contributed by atoms with Gasteiger partial charge in [-0.2, -0.15) is 10.2 Å². The Balaban J connectivity index is 1.44. The van der Waals surface area contributed by atoms with Crippen LogP contribution in [0.1, 0.15) is 49.8 Å². The summed E-state index contributed by atoms with van der Waals surface area (Å²) in [6.07, 6.45) is 9.06. The van der Waals surface area contributed by atoms with Crippen molar-refractivity contribution in [2.75, 3.05) is 33.4 Å². The highest BCUT2D eigenvalue weighted by molar-refractivity contribution is 5.75. The van der Waals surface area contributed by atoms with Crippen molar-refractivity contribution >= 4 is 5.65 Å². The maximum Gasteiger partial charge on any atom is 0.197 e. The van der Waals surface area contributed by atoms with Crippen LogP contribution in [0.15, 0.2) is 31.0 Å². The van der Waals surface area contributed by atoms with Gasteiger partial charge < -0.3 is 9.64 Å². The summed E-state index contributed by atoms with van der Waals surface area (Å²) in [5.74, 6) is 1.19. The van der Waals surface area contributed by atoms with Crippen molar-refractivity contribution in [2.45, 2.75) is 38.5 Å². The third-order valence-corrected chi connectivity index (χ3v) is 6.55. The number of hydrogen-bond donors (Lipinski definition) is 1. The van der Waals surface area contributed by atoms with Crippen LogP contribution in [-0.4, -0.2) is 73.1 Å². The van der Waals surface area contributed by atoms with Crippen LogP contribution < -0.4 is 4.74 Å². The van der Waals surface area contributed by atoms with Gasteiger partial charge in [0, 0.05) is 36.0 Å². The Kier molecular flexibility index (Phi) is 6.23. The highest BCUT2D eigenvalue weighted by atomic mass is 19.1. The topological polar surface area (TPSA) is 97.1 Å². The van der Waals surface area contributed by atoms with Crippen LogP contribution in [0.4, 0.5) is 4.39 Å². The van der Waals surface area contributed by atoms with E-state index in [-0.39, 0.29) is 12.6 Å². The van der Waals surface area contributed by atoms with Crippen LogP contribution in [0.5, 0.6) is 5.75 Å². The van der Waals surface area contributed by atoms with Crippen LogP contribution in [0, 0.1) is 0 Å². The third kappa shape index (κ3) is 4.13. The summed E-state index contributed by atoms with van der Waals surface area (Å²) in [7, 11) is 1.62. The number of nitrogens with zero attached hydrogens (tertiary/aromatic N) is 7. The Morgan fingerprint density at radius 1 is 1.18 bits per heavy atom. The molecule has 0 amide bonds. The normalized spacial score (nSPS) is 15.4. The lowest BCUT2D eigenvalue weighted by Crippen LogP contribution is -2.34. The van der Waals surface area contributed by atoms with Gasteiger partial charge in [0.25, 0.3) is 0 Å². The highest BCUT2D eigenvalue weighted by Gasteiger charge is 2.24. The first-order chi connectivity index (χ1) is 16.6. The summed E-state index contributed by atoms with van der Waals surface area (Å²) in [5, 5.41) is 12.1. The second-order valence-corrected chi connectivity index (χ2v) is 8.97. The number of rotatable bonds is 7. The molecule has 0 aliphatic carbocycles. The average Bonchev–Trinajstić information content (AvgIpc) is 3.52. The minimum Gasteiger partial charge on any atom is -0.493 e. The molecule has 10 heteroatoms. The van der Waals surface area contributed by atoms with Crippen LogP contribution in [0.25, 0.3) is 28.3 Å². The van der Waals surface area contributed by atoms with E-state index in [2.05, 4.69) is 39.0 Å². The van der Waals surface area contributed by atoms with Gasteiger partial charge in [-0.25, -0.2) is 13.9 Å². The van der Waals surface area contributed by atoms with E-state index in [1.54, 1.807) is 11.6 Å². The van der Waals surface area contributed by atoms with Crippen molar-refractivity contribution in [3.8, 4) is 28.4 Å². The van der Waals surface area contributed by atoms with Crippen molar-refractivity contribution in [1.29, 1.82) is 0 Å². The molecule has 5 heterocycles. The number of aromatic amines is 1. The predicted molar refractivity (Wildman–Crippen MR) is 127 cm³/mol. The molecule has 1 fully saturated rings. The number of hydrogen-bond acceptors (Lipinski definition) is 7. The summed E-state index contributed by atoms with van der Waals surface area (Å²) < 4.78 is 19.8. The first-order valence-corrected chi connectivity index (χ1v) is 11.7. The molecule has 0 unspecified atom stereocenters. The lowest BCUT2D eigenvalue weighted by molar-refractivity contribution is 0.195. The quantitative estimate of drug-likeness (QED) is 0.444. The molecule has 1 saturated heterocycles. The molecular weight excluding hydrogens is 435 g/mol. The molecule has 0 atom stereocenters.